The van der Waals surface area contributed by atoms with Crippen molar-refractivity contribution in [2.75, 3.05) is 11.9 Å². The summed E-state index contributed by atoms with van der Waals surface area (Å²) < 4.78 is 5.07. The number of benzene rings is 2. The second-order valence-corrected chi connectivity index (χ2v) is 5.47. The van der Waals surface area contributed by atoms with Crippen LogP contribution in [0.25, 0.3) is 6.08 Å². The fourth-order valence-corrected chi connectivity index (χ4v) is 2.10. The van der Waals surface area contributed by atoms with Crippen LogP contribution in [-0.4, -0.2) is 18.5 Å². The molecule has 0 aromatic heterocycles. The largest absolute Gasteiger partial charge is 0.462 e. The van der Waals surface area contributed by atoms with Gasteiger partial charge in [-0.15, -0.1) is 0 Å². The van der Waals surface area contributed by atoms with Crippen LogP contribution in [0.3, 0.4) is 0 Å². The molecule has 0 spiro atoms. The van der Waals surface area contributed by atoms with Gasteiger partial charge >= 0.3 is 5.97 Å². The van der Waals surface area contributed by atoms with Crippen LogP contribution in [0.4, 0.5) is 5.69 Å². The van der Waals surface area contributed by atoms with Crippen LogP contribution in [0, 0.1) is 0 Å². The number of hydrogen-bond acceptors (Lipinski definition) is 3. The number of halogens is 1. The monoisotopic (exact) mass is 343 g/mol. The minimum atomic E-state index is -0.441. The lowest BCUT2D eigenvalue weighted by Gasteiger charge is -2.08. The van der Waals surface area contributed by atoms with Crippen molar-refractivity contribution >= 4 is 35.2 Å². The first-order chi connectivity index (χ1) is 11.6. The Labute approximate surface area is 146 Å². The summed E-state index contributed by atoms with van der Waals surface area (Å²) in [6, 6.07) is 14.1. The van der Waals surface area contributed by atoms with Crippen LogP contribution in [-0.2, 0) is 9.53 Å². The van der Waals surface area contributed by atoms with E-state index in [9.17, 15) is 9.59 Å². The molecule has 0 saturated heterocycles. The highest BCUT2D eigenvalue weighted by molar-refractivity contribution is 6.34. The summed E-state index contributed by atoms with van der Waals surface area (Å²) in [7, 11) is 0. The van der Waals surface area contributed by atoms with E-state index in [0.717, 1.165) is 12.0 Å². The molecule has 0 fully saturated rings. The average Bonchev–Trinajstić information content (AvgIpc) is 2.60. The van der Waals surface area contributed by atoms with Gasteiger partial charge in [-0.3, -0.25) is 4.79 Å². The Balaban J connectivity index is 2.07. The zero-order chi connectivity index (χ0) is 17.4. The molecule has 0 unspecified atom stereocenters. The highest BCUT2D eigenvalue weighted by Gasteiger charge is 2.11. The summed E-state index contributed by atoms with van der Waals surface area (Å²) in [5, 5.41) is 3.02. The standard InChI is InChI=1S/C19H18ClNO3/c1-2-12-24-19(23)15-9-10-16(20)17(13-15)21-18(22)11-8-14-6-4-3-5-7-14/h3-11,13H,2,12H2,1H3,(H,21,22). The van der Waals surface area contributed by atoms with E-state index >= 15 is 0 Å². The van der Waals surface area contributed by atoms with Gasteiger partial charge in [0.05, 0.1) is 22.9 Å². The van der Waals surface area contributed by atoms with E-state index in [-0.39, 0.29) is 5.91 Å². The molecule has 1 N–H and O–H groups in total. The van der Waals surface area contributed by atoms with Crippen molar-refractivity contribution in [3.8, 4) is 0 Å². The number of rotatable bonds is 6. The van der Waals surface area contributed by atoms with E-state index in [0.29, 0.717) is 22.9 Å². The molecule has 1 amide bonds. The number of amides is 1. The molecule has 0 heterocycles. The number of hydrogen-bond donors (Lipinski definition) is 1. The highest BCUT2D eigenvalue weighted by atomic mass is 35.5. The lowest BCUT2D eigenvalue weighted by Crippen LogP contribution is -2.10. The molecular formula is C19H18ClNO3. The van der Waals surface area contributed by atoms with Crippen LogP contribution in [0.2, 0.25) is 5.02 Å². The smallest absolute Gasteiger partial charge is 0.338 e. The molecule has 0 aliphatic rings. The van der Waals surface area contributed by atoms with Crippen molar-refractivity contribution in [3.05, 3.63) is 70.8 Å². The fraction of sp³-hybridized carbons (Fsp3) is 0.158. The zero-order valence-corrected chi connectivity index (χ0v) is 14.0. The van der Waals surface area contributed by atoms with Gasteiger partial charge in [0.2, 0.25) is 5.91 Å². The Morgan fingerprint density at radius 1 is 1.17 bits per heavy atom. The maximum atomic E-state index is 12.0. The normalized spacial score (nSPS) is 10.6. The van der Waals surface area contributed by atoms with Gasteiger partial charge in [0.25, 0.3) is 0 Å². The van der Waals surface area contributed by atoms with Gasteiger partial charge < -0.3 is 10.1 Å². The third-order valence-corrected chi connectivity index (χ3v) is 3.45. The maximum absolute atomic E-state index is 12.0. The maximum Gasteiger partial charge on any atom is 0.338 e. The first-order valence-corrected chi connectivity index (χ1v) is 7.98. The molecule has 0 saturated carbocycles. The first kappa shape index (κ1) is 17.8. The van der Waals surface area contributed by atoms with Crippen LogP contribution in [0.1, 0.15) is 29.3 Å². The summed E-state index contributed by atoms with van der Waals surface area (Å²) >= 11 is 6.08. The average molecular weight is 344 g/mol. The van der Waals surface area contributed by atoms with Crippen LogP contribution in [0.5, 0.6) is 0 Å². The number of carbonyl (C=O) groups is 2. The molecule has 2 rings (SSSR count). The SMILES string of the molecule is CCCOC(=O)c1ccc(Cl)c(NC(=O)C=Cc2ccccc2)c1. The molecule has 2 aromatic rings. The molecule has 5 heteroatoms. The van der Waals surface area contributed by atoms with E-state index in [1.807, 2.05) is 37.3 Å². The Hall–Kier alpha value is -2.59. The fourth-order valence-electron chi connectivity index (χ4n) is 1.94. The summed E-state index contributed by atoms with van der Waals surface area (Å²) in [5.74, 6) is -0.774. The minimum absolute atomic E-state index is 0.333. The number of esters is 1. The van der Waals surface area contributed by atoms with Gasteiger partial charge in [-0.1, -0.05) is 48.9 Å². The summed E-state index contributed by atoms with van der Waals surface area (Å²) in [4.78, 5) is 23.9. The van der Waals surface area contributed by atoms with Crippen molar-refractivity contribution in [2.24, 2.45) is 0 Å². The Kier molecular flexibility index (Phi) is 6.58. The zero-order valence-electron chi connectivity index (χ0n) is 13.3. The Morgan fingerprint density at radius 3 is 2.62 bits per heavy atom. The Morgan fingerprint density at radius 2 is 1.92 bits per heavy atom. The van der Waals surface area contributed by atoms with E-state index < -0.39 is 5.97 Å². The summed E-state index contributed by atoms with van der Waals surface area (Å²) in [5.41, 5.74) is 1.62. The molecule has 0 aliphatic carbocycles. The van der Waals surface area contributed by atoms with E-state index in [2.05, 4.69) is 5.32 Å². The topological polar surface area (TPSA) is 55.4 Å². The molecular weight excluding hydrogens is 326 g/mol. The second kappa shape index (κ2) is 8.89. The van der Waals surface area contributed by atoms with Gasteiger partial charge in [-0.25, -0.2) is 4.79 Å². The van der Waals surface area contributed by atoms with Crippen molar-refractivity contribution in [1.82, 2.24) is 0 Å². The third-order valence-electron chi connectivity index (χ3n) is 3.12. The van der Waals surface area contributed by atoms with E-state index in [1.165, 1.54) is 12.1 Å². The summed E-state index contributed by atoms with van der Waals surface area (Å²) in [6.07, 6.45) is 3.85. The molecule has 124 valence electrons. The molecule has 4 nitrogen and oxygen atoms in total. The Bertz CT molecular complexity index is 742. The molecule has 2 aromatic carbocycles. The molecule has 0 radical (unpaired) electrons. The molecule has 0 atom stereocenters. The molecule has 0 bridgehead atoms. The highest BCUT2D eigenvalue weighted by Crippen LogP contribution is 2.23. The second-order valence-electron chi connectivity index (χ2n) is 5.06. The van der Waals surface area contributed by atoms with Crippen molar-refractivity contribution in [1.29, 1.82) is 0 Å². The number of carbonyl (C=O) groups excluding carboxylic acids is 2. The minimum Gasteiger partial charge on any atom is -0.462 e. The third kappa shape index (κ3) is 5.25. The van der Waals surface area contributed by atoms with Crippen molar-refractivity contribution in [2.45, 2.75) is 13.3 Å². The van der Waals surface area contributed by atoms with Crippen LogP contribution < -0.4 is 5.32 Å². The summed E-state index contributed by atoms with van der Waals surface area (Å²) in [6.45, 7) is 2.27. The van der Waals surface area contributed by atoms with Gasteiger partial charge in [0, 0.05) is 6.08 Å². The number of nitrogens with one attached hydrogen (secondary N) is 1. The van der Waals surface area contributed by atoms with E-state index in [4.69, 9.17) is 16.3 Å². The van der Waals surface area contributed by atoms with Gasteiger partial charge in [0.15, 0.2) is 0 Å². The van der Waals surface area contributed by atoms with Crippen LogP contribution >= 0.6 is 11.6 Å². The van der Waals surface area contributed by atoms with Gasteiger partial charge in [-0.2, -0.15) is 0 Å². The van der Waals surface area contributed by atoms with Crippen molar-refractivity contribution in [3.63, 3.8) is 0 Å². The molecule has 24 heavy (non-hydrogen) atoms. The van der Waals surface area contributed by atoms with E-state index in [1.54, 1.807) is 18.2 Å². The lowest BCUT2D eigenvalue weighted by atomic mass is 10.2. The van der Waals surface area contributed by atoms with Crippen LogP contribution in [0.15, 0.2) is 54.6 Å². The first-order valence-electron chi connectivity index (χ1n) is 7.61. The predicted molar refractivity (Wildman–Crippen MR) is 96.1 cm³/mol. The number of ether oxygens (including phenoxy) is 1. The molecule has 0 aliphatic heterocycles. The predicted octanol–water partition coefficient (Wildman–Crippen LogP) is 4.56. The van der Waals surface area contributed by atoms with Gasteiger partial charge in [-0.05, 0) is 36.3 Å². The number of anilines is 1. The van der Waals surface area contributed by atoms with Crippen molar-refractivity contribution < 1.29 is 14.3 Å². The van der Waals surface area contributed by atoms with Gasteiger partial charge in [0.1, 0.15) is 0 Å². The lowest BCUT2D eigenvalue weighted by molar-refractivity contribution is -0.111. The quantitative estimate of drug-likeness (QED) is 0.618.